The molecule has 6 rings (SSSR count). The average Bonchev–Trinajstić information content (AvgIpc) is 2.78. The van der Waals surface area contributed by atoms with E-state index in [0.29, 0.717) is 41.3 Å². The van der Waals surface area contributed by atoms with Crippen LogP contribution < -0.4 is 10.6 Å². The molecule has 34 heavy (non-hydrogen) atoms. The molecule has 4 aliphatic carbocycles. The van der Waals surface area contributed by atoms with Crippen molar-refractivity contribution in [2.45, 2.75) is 50.9 Å². The first-order valence-electron chi connectivity index (χ1n) is 12.3. The van der Waals surface area contributed by atoms with Crippen LogP contribution in [0.1, 0.15) is 60.0 Å². The van der Waals surface area contributed by atoms with Crippen LogP contribution in [0.5, 0.6) is 0 Å². The molecule has 0 spiro atoms. The number of amides is 2. The third-order valence-electron chi connectivity index (χ3n) is 8.27. The van der Waals surface area contributed by atoms with Crippen molar-refractivity contribution >= 4 is 29.1 Å². The fourth-order valence-electron chi connectivity index (χ4n) is 7.18. The Kier molecular flexibility index (Phi) is 6.19. The van der Waals surface area contributed by atoms with Gasteiger partial charge in [-0.1, -0.05) is 41.4 Å². The quantitative estimate of drug-likeness (QED) is 0.514. The molecule has 6 heteroatoms. The van der Waals surface area contributed by atoms with E-state index in [-0.39, 0.29) is 22.6 Å². The highest BCUT2D eigenvalue weighted by Gasteiger charge is 2.60. The van der Waals surface area contributed by atoms with Crippen LogP contribution in [0.25, 0.3) is 0 Å². The summed E-state index contributed by atoms with van der Waals surface area (Å²) < 4.78 is 4.97. The number of methoxy groups -OCH3 is 1. The predicted molar refractivity (Wildman–Crippen MR) is 134 cm³/mol. The van der Waals surface area contributed by atoms with E-state index >= 15 is 0 Å². The zero-order valence-electron chi connectivity index (χ0n) is 20.0. The van der Waals surface area contributed by atoms with Crippen molar-refractivity contribution in [1.29, 1.82) is 0 Å². The normalized spacial score (nSPS) is 29.1. The average molecular weight is 481 g/mol. The Bertz CT molecular complexity index is 1080. The fraction of sp³-hybridized carbons (Fsp3) is 0.500. The van der Waals surface area contributed by atoms with Crippen molar-refractivity contribution in [3.63, 3.8) is 0 Å². The maximum Gasteiger partial charge on any atom is 0.252 e. The van der Waals surface area contributed by atoms with E-state index < -0.39 is 0 Å². The third kappa shape index (κ3) is 4.25. The van der Waals surface area contributed by atoms with E-state index in [1.807, 2.05) is 0 Å². The lowest BCUT2D eigenvalue weighted by molar-refractivity contribution is -0.143. The Morgan fingerprint density at radius 1 is 1.06 bits per heavy atom. The van der Waals surface area contributed by atoms with E-state index in [2.05, 4.69) is 41.8 Å². The molecule has 4 fully saturated rings. The molecule has 0 saturated heterocycles. The number of anilines is 1. The summed E-state index contributed by atoms with van der Waals surface area (Å²) in [6.45, 7) is 2.97. The van der Waals surface area contributed by atoms with Crippen molar-refractivity contribution in [2.24, 2.45) is 17.3 Å². The standard InChI is InChI=1S/C28H33ClN2O3/c1-18-3-5-21(6-4-18)27-13-19-11-20(14-27)16-28(15-19,17-27)26(33)31-22-7-8-23(24(29)12-22)25(32)30-9-10-34-2/h3-8,12,19-20H,9-11,13-17H2,1-2H3,(H,30,32)(H,31,33). The molecule has 2 N–H and O–H groups in total. The number of benzene rings is 2. The van der Waals surface area contributed by atoms with Crippen LogP contribution in [-0.4, -0.2) is 32.1 Å². The minimum absolute atomic E-state index is 0.103. The van der Waals surface area contributed by atoms with Crippen molar-refractivity contribution < 1.29 is 14.3 Å². The Morgan fingerprint density at radius 2 is 1.76 bits per heavy atom. The lowest BCUT2D eigenvalue weighted by atomic mass is 9.42. The van der Waals surface area contributed by atoms with Gasteiger partial charge in [0.25, 0.3) is 5.91 Å². The van der Waals surface area contributed by atoms with Gasteiger partial charge >= 0.3 is 0 Å². The summed E-state index contributed by atoms with van der Waals surface area (Å²) in [6.07, 6.45) is 6.49. The fourth-order valence-corrected chi connectivity index (χ4v) is 7.44. The Balaban J connectivity index is 1.34. The lowest BCUT2D eigenvalue weighted by Gasteiger charge is -2.61. The third-order valence-corrected chi connectivity index (χ3v) is 8.58. The number of ether oxygens (including phenoxy) is 1. The van der Waals surface area contributed by atoms with Crippen LogP contribution in [0.3, 0.4) is 0 Å². The first kappa shape index (κ1) is 23.4. The van der Waals surface area contributed by atoms with Gasteiger partial charge in [-0.25, -0.2) is 0 Å². The van der Waals surface area contributed by atoms with Gasteiger partial charge in [0.1, 0.15) is 0 Å². The van der Waals surface area contributed by atoms with Gasteiger partial charge in [0.05, 0.1) is 22.6 Å². The van der Waals surface area contributed by atoms with Crippen molar-refractivity contribution in [1.82, 2.24) is 5.32 Å². The number of hydrogen-bond acceptors (Lipinski definition) is 3. The van der Waals surface area contributed by atoms with Crippen molar-refractivity contribution in [3.05, 3.63) is 64.2 Å². The van der Waals surface area contributed by atoms with Gasteiger partial charge in [0.15, 0.2) is 0 Å². The number of carbonyl (C=O) groups is 2. The molecule has 180 valence electrons. The van der Waals surface area contributed by atoms with Gasteiger partial charge in [-0.2, -0.15) is 0 Å². The molecule has 4 saturated carbocycles. The number of halogens is 1. The summed E-state index contributed by atoms with van der Waals surface area (Å²) in [5.74, 6) is 1.07. The number of nitrogens with one attached hydrogen (secondary N) is 2. The molecule has 2 amide bonds. The molecule has 2 aromatic carbocycles. The zero-order chi connectivity index (χ0) is 23.9. The summed E-state index contributed by atoms with van der Waals surface area (Å²) >= 11 is 6.41. The highest BCUT2D eigenvalue weighted by Crippen LogP contribution is 2.66. The topological polar surface area (TPSA) is 67.4 Å². The van der Waals surface area contributed by atoms with Crippen LogP contribution in [0, 0.1) is 24.2 Å². The highest BCUT2D eigenvalue weighted by atomic mass is 35.5. The van der Waals surface area contributed by atoms with Gasteiger partial charge in [0, 0.05) is 19.3 Å². The summed E-state index contributed by atoms with van der Waals surface area (Å²) in [4.78, 5) is 26.1. The van der Waals surface area contributed by atoms with Gasteiger partial charge < -0.3 is 15.4 Å². The van der Waals surface area contributed by atoms with Crippen LogP contribution in [0.4, 0.5) is 5.69 Å². The second-order valence-electron chi connectivity index (χ2n) is 10.8. The molecule has 2 aromatic rings. The van der Waals surface area contributed by atoms with E-state index in [0.717, 1.165) is 19.3 Å². The molecular weight excluding hydrogens is 448 g/mol. The van der Waals surface area contributed by atoms with Crippen molar-refractivity contribution in [2.75, 3.05) is 25.6 Å². The van der Waals surface area contributed by atoms with Gasteiger partial charge in [-0.15, -0.1) is 0 Å². The summed E-state index contributed by atoms with van der Waals surface area (Å²) in [5.41, 5.74) is 3.48. The molecule has 0 radical (unpaired) electrons. The number of carbonyl (C=O) groups excluding carboxylic acids is 2. The molecule has 4 aliphatic rings. The first-order valence-corrected chi connectivity index (χ1v) is 12.7. The Hall–Kier alpha value is -2.37. The number of aryl methyl sites for hydroxylation is 1. The molecule has 0 aliphatic heterocycles. The molecule has 2 unspecified atom stereocenters. The molecule has 0 heterocycles. The minimum atomic E-state index is -0.336. The van der Waals surface area contributed by atoms with E-state index in [9.17, 15) is 9.59 Å². The molecule has 4 bridgehead atoms. The van der Waals surface area contributed by atoms with Gasteiger partial charge in [0.2, 0.25) is 5.91 Å². The van der Waals surface area contributed by atoms with Crippen molar-refractivity contribution in [3.8, 4) is 0 Å². The summed E-state index contributed by atoms with van der Waals surface area (Å²) in [6, 6.07) is 14.1. The Morgan fingerprint density at radius 3 is 2.41 bits per heavy atom. The molecule has 2 atom stereocenters. The molecular formula is C28H33ClN2O3. The monoisotopic (exact) mass is 480 g/mol. The highest BCUT2D eigenvalue weighted by molar-refractivity contribution is 6.34. The zero-order valence-corrected chi connectivity index (χ0v) is 20.7. The van der Waals surface area contributed by atoms with E-state index in [4.69, 9.17) is 16.3 Å². The summed E-state index contributed by atoms with van der Waals surface area (Å²) in [5, 5.41) is 6.27. The summed E-state index contributed by atoms with van der Waals surface area (Å²) in [7, 11) is 1.59. The maximum absolute atomic E-state index is 13.8. The van der Waals surface area contributed by atoms with E-state index in [1.54, 1.807) is 25.3 Å². The molecule has 0 aromatic heterocycles. The molecule has 5 nitrogen and oxygen atoms in total. The minimum Gasteiger partial charge on any atom is -0.383 e. The van der Waals surface area contributed by atoms with Crippen LogP contribution in [0.2, 0.25) is 5.02 Å². The smallest absolute Gasteiger partial charge is 0.252 e. The SMILES string of the molecule is COCCNC(=O)c1ccc(NC(=O)C23CC4CC(C2)CC(c2ccc(C)cc2)(C4)C3)cc1Cl. The maximum atomic E-state index is 13.8. The number of rotatable bonds is 7. The van der Waals surface area contributed by atoms with Crippen LogP contribution >= 0.6 is 11.6 Å². The second kappa shape index (κ2) is 9.01. The van der Waals surface area contributed by atoms with Crippen LogP contribution in [0.15, 0.2) is 42.5 Å². The first-order chi connectivity index (χ1) is 16.3. The Labute approximate surface area is 206 Å². The van der Waals surface area contributed by atoms with Gasteiger partial charge in [-0.05, 0) is 86.5 Å². The van der Waals surface area contributed by atoms with Gasteiger partial charge in [-0.3, -0.25) is 9.59 Å². The van der Waals surface area contributed by atoms with E-state index in [1.165, 1.54) is 30.4 Å². The predicted octanol–water partition coefficient (Wildman–Crippen LogP) is 5.50. The number of hydrogen-bond donors (Lipinski definition) is 2. The largest absolute Gasteiger partial charge is 0.383 e. The lowest BCUT2D eigenvalue weighted by Crippen LogP contribution is -2.57. The van der Waals surface area contributed by atoms with Crippen LogP contribution in [-0.2, 0) is 14.9 Å². The second-order valence-corrected chi connectivity index (χ2v) is 11.2.